The molecule has 0 aliphatic carbocycles. The number of anilines is 1. The lowest BCUT2D eigenvalue weighted by Gasteiger charge is -2.21. The van der Waals surface area contributed by atoms with Gasteiger partial charge in [0.05, 0.1) is 18.8 Å². The Morgan fingerprint density at radius 1 is 1.47 bits per heavy atom. The highest BCUT2D eigenvalue weighted by atomic mass is 32.1. The molecule has 0 atom stereocenters. The second-order valence-electron chi connectivity index (χ2n) is 4.80. The molecular weight excluding hydrogens is 266 g/mol. The van der Waals surface area contributed by atoms with Crippen LogP contribution in [-0.4, -0.2) is 46.5 Å². The number of aliphatic carboxylic acids is 1. The number of hydrogen-bond acceptors (Lipinski definition) is 5. The van der Waals surface area contributed by atoms with E-state index >= 15 is 0 Å². The van der Waals surface area contributed by atoms with Crippen LogP contribution in [0.4, 0.5) is 5.13 Å². The van der Waals surface area contributed by atoms with E-state index in [1.54, 1.807) is 4.90 Å². The Balaban J connectivity index is 2.52. The van der Waals surface area contributed by atoms with E-state index in [0.717, 1.165) is 5.69 Å². The maximum atomic E-state index is 11.8. The van der Waals surface area contributed by atoms with Crippen LogP contribution in [0.15, 0.2) is 5.38 Å². The summed E-state index contributed by atoms with van der Waals surface area (Å²) in [5.74, 6) is -0.871. The average molecular weight is 285 g/mol. The molecule has 19 heavy (non-hydrogen) atoms. The van der Waals surface area contributed by atoms with Gasteiger partial charge in [0.1, 0.15) is 0 Å². The molecule has 1 aromatic rings. The Morgan fingerprint density at radius 3 is 2.63 bits per heavy atom. The Hall–Kier alpha value is -1.47. The third kappa shape index (κ3) is 6.30. The fraction of sp³-hybridized carbons (Fsp3) is 0.583. The molecule has 6 nitrogen and oxygen atoms in total. The molecule has 7 heteroatoms. The lowest BCUT2D eigenvalue weighted by molar-refractivity contribution is -0.138. The summed E-state index contributed by atoms with van der Waals surface area (Å²) >= 11 is 1.35. The van der Waals surface area contributed by atoms with Crippen LogP contribution in [0.5, 0.6) is 0 Å². The maximum absolute atomic E-state index is 11.8. The van der Waals surface area contributed by atoms with E-state index < -0.39 is 5.97 Å². The normalized spacial score (nSPS) is 11.0. The van der Waals surface area contributed by atoms with Gasteiger partial charge in [-0.25, -0.2) is 4.98 Å². The zero-order valence-electron chi connectivity index (χ0n) is 11.3. The number of carboxylic acids is 1. The van der Waals surface area contributed by atoms with Gasteiger partial charge in [-0.3, -0.25) is 14.5 Å². The van der Waals surface area contributed by atoms with Gasteiger partial charge >= 0.3 is 5.97 Å². The van der Waals surface area contributed by atoms with Gasteiger partial charge in [-0.2, -0.15) is 0 Å². The van der Waals surface area contributed by atoms with Gasteiger partial charge in [0.2, 0.25) is 5.91 Å². The molecule has 2 N–H and O–H groups in total. The number of carbonyl (C=O) groups is 2. The number of aryl methyl sites for hydroxylation is 1. The van der Waals surface area contributed by atoms with Crippen molar-refractivity contribution < 1.29 is 14.7 Å². The minimum absolute atomic E-state index is 0.0586. The van der Waals surface area contributed by atoms with Crippen LogP contribution >= 0.6 is 11.3 Å². The number of rotatable bonds is 7. The summed E-state index contributed by atoms with van der Waals surface area (Å²) < 4.78 is 0. The third-order valence-electron chi connectivity index (χ3n) is 2.21. The minimum atomic E-state index is -0.932. The molecule has 1 aromatic heterocycles. The lowest BCUT2D eigenvalue weighted by Crippen LogP contribution is -2.39. The Morgan fingerprint density at radius 2 is 2.16 bits per heavy atom. The molecule has 0 saturated carbocycles. The largest absolute Gasteiger partial charge is 0.480 e. The van der Waals surface area contributed by atoms with E-state index in [-0.39, 0.29) is 19.0 Å². The standard InChI is InChI=1S/C12H19N3O3S/c1-8(2)4-15(6-11(17)18)5-10(16)14-12-13-9(3)7-19-12/h7-8H,4-6H2,1-3H3,(H,17,18)(H,13,14,16). The number of carbonyl (C=O) groups excluding carboxylic acids is 1. The summed E-state index contributed by atoms with van der Waals surface area (Å²) in [5, 5.41) is 13.9. The van der Waals surface area contributed by atoms with Gasteiger partial charge < -0.3 is 10.4 Å². The van der Waals surface area contributed by atoms with Gasteiger partial charge in [-0.05, 0) is 12.8 Å². The number of aromatic nitrogens is 1. The van der Waals surface area contributed by atoms with Crippen molar-refractivity contribution in [3.8, 4) is 0 Å². The molecule has 1 heterocycles. The smallest absolute Gasteiger partial charge is 0.317 e. The van der Waals surface area contributed by atoms with Gasteiger partial charge in [-0.15, -0.1) is 11.3 Å². The van der Waals surface area contributed by atoms with E-state index in [1.165, 1.54) is 11.3 Å². The zero-order valence-corrected chi connectivity index (χ0v) is 12.2. The van der Waals surface area contributed by atoms with Crippen LogP contribution in [0.3, 0.4) is 0 Å². The predicted molar refractivity (Wildman–Crippen MR) is 74.4 cm³/mol. The number of thiazole rings is 1. The fourth-order valence-corrected chi connectivity index (χ4v) is 2.37. The van der Waals surface area contributed by atoms with Crippen LogP contribution in [-0.2, 0) is 9.59 Å². The molecule has 1 amide bonds. The van der Waals surface area contributed by atoms with Crippen LogP contribution in [0.2, 0.25) is 0 Å². The lowest BCUT2D eigenvalue weighted by atomic mass is 10.2. The first kappa shape index (κ1) is 15.6. The molecule has 0 aromatic carbocycles. The molecule has 1 rings (SSSR count). The highest BCUT2D eigenvalue weighted by molar-refractivity contribution is 7.13. The summed E-state index contributed by atoms with van der Waals surface area (Å²) in [7, 11) is 0. The number of amides is 1. The zero-order chi connectivity index (χ0) is 14.4. The summed E-state index contributed by atoms with van der Waals surface area (Å²) in [6.07, 6.45) is 0. The number of carboxylic acid groups (broad SMARTS) is 1. The SMILES string of the molecule is Cc1csc(NC(=O)CN(CC(=O)O)CC(C)C)n1. The molecular formula is C12H19N3O3S. The van der Waals surface area contributed by atoms with Gasteiger partial charge in [0.25, 0.3) is 0 Å². The second kappa shape index (κ2) is 7.20. The van der Waals surface area contributed by atoms with Crippen molar-refractivity contribution in [2.75, 3.05) is 25.0 Å². The summed E-state index contributed by atoms with van der Waals surface area (Å²) in [4.78, 5) is 28.3. The van der Waals surface area contributed by atoms with Crippen molar-refractivity contribution in [2.24, 2.45) is 5.92 Å². The topological polar surface area (TPSA) is 82.5 Å². The summed E-state index contributed by atoms with van der Waals surface area (Å²) in [6.45, 7) is 6.30. The van der Waals surface area contributed by atoms with Crippen LogP contribution in [0.25, 0.3) is 0 Å². The van der Waals surface area contributed by atoms with Crippen molar-refractivity contribution in [1.82, 2.24) is 9.88 Å². The van der Waals surface area contributed by atoms with Crippen molar-refractivity contribution in [1.29, 1.82) is 0 Å². The molecule has 0 spiro atoms. The molecule has 0 aliphatic heterocycles. The molecule has 106 valence electrons. The van der Waals surface area contributed by atoms with E-state index in [4.69, 9.17) is 5.11 Å². The van der Waals surface area contributed by atoms with Gasteiger partial charge in [0.15, 0.2) is 5.13 Å². The monoisotopic (exact) mass is 285 g/mol. The Kier molecular flexibility index (Phi) is 5.91. The van der Waals surface area contributed by atoms with E-state index in [0.29, 0.717) is 17.6 Å². The maximum Gasteiger partial charge on any atom is 0.317 e. The van der Waals surface area contributed by atoms with Crippen LogP contribution in [0.1, 0.15) is 19.5 Å². The van der Waals surface area contributed by atoms with E-state index in [2.05, 4.69) is 10.3 Å². The molecule has 0 unspecified atom stereocenters. The van der Waals surface area contributed by atoms with Crippen LogP contribution < -0.4 is 5.32 Å². The number of hydrogen-bond donors (Lipinski definition) is 2. The van der Waals surface area contributed by atoms with E-state index in [1.807, 2.05) is 26.2 Å². The van der Waals surface area contributed by atoms with Gasteiger partial charge in [0, 0.05) is 11.9 Å². The van der Waals surface area contributed by atoms with Crippen molar-refractivity contribution in [2.45, 2.75) is 20.8 Å². The first-order valence-electron chi connectivity index (χ1n) is 6.03. The fourth-order valence-electron chi connectivity index (χ4n) is 1.67. The number of nitrogens with zero attached hydrogens (tertiary/aromatic N) is 2. The quantitative estimate of drug-likeness (QED) is 0.792. The minimum Gasteiger partial charge on any atom is -0.480 e. The summed E-state index contributed by atoms with van der Waals surface area (Å²) in [6, 6.07) is 0. The molecule has 0 fully saturated rings. The van der Waals surface area contributed by atoms with Crippen molar-refractivity contribution >= 4 is 28.3 Å². The first-order chi connectivity index (χ1) is 8.86. The summed E-state index contributed by atoms with van der Waals surface area (Å²) in [5.41, 5.74) is 0.852. The van der Waals surface area contributed by atoms with Gasteiger partial charge in [-0.1, -0.05) is 13.8 Å². The second-order valence-corrected chi connectivity index (χ2v) is 5.66. The number of nitrogens with one attached hydrogen (secondary N) is 1. The molecule has 0 saturated heterocycles. The van der Waals surface area contributed by atoms with E-state index in [9.17, 15) is 9.59 Å². The Labute approximate surface area is 116 Å². The van der Waals surface area contributed by atoms with Crippen molar-refractivity contribution in [3.63, 3.8) is 0 Å². The van der Waals surface area contributed by atoms with Crippen molar-refractivity contribution in [3.05, 3.63) is 11.1 Å². The predicted octanol–water partition coefficient (Wildman–Crippen LogP) is 1.43. The molecule has 0 bridgehead atoms. The first-order valence-corrected chi connectivity index (χ1v) is 6.91. The highest BCUT2D eigenvalue weighted by Crippen LogP contribution is 2.14. The highest BCUT2D eigenvalue weighted by Gasteiger charge is 2.16. The third-order valence-corrected chi connectivity index (χ3v) is 3.09. The van der Waals surface area contributed by atoms with Crippen LogP contribution in [0, 0.1) is 12.8 Å². The molecule has 0 aliphatic rings. The molecule has 0 radical (unpaired) electrons. The Bertz CT molecular complexity index is 445. The average Bonchev–Trinajstić information content (AvgIpc) is 2.61.